The number of ether oxygens (including phenoxy) is 2. The first-order valence-corrected chi connectivity index (χ1v) is 17.0. The van der Waals surface area contributed by atoms with Crippen molar-refractivity contribution in [3.05, 3.63) is 108 Å². The van der Waals surface area contributed by atoms with Crippen LogP contribution in [0.5, 0.6) is 11.5 Å². The highest BCUT2D eigenvalue weighted by Gasteiger charge is 2.40. The van der Waals surface area contributed by atoms with E-state index in [0.717, 1.165) is 18.7 Å². The molecule has 0 aliphatic carbocycles. The van der Waals surface area contributed by atoms with Gasteiger partial charge in [0.05, 0.1) is 30.3 Å². The van der Waals surface area contributed by atoms with Gasteiger partial charge >= 0.3 is 0 Å². The second kappa shape index (κ2) is 15.2. The molecule has 3 amide bonds. The molecule has 0 saturated carbocycles. The molecule has 3 N–H and O–H groups in total. The Hall–Kier alpha value is -5.53. The van der Waals surface area contributed by atoms with Gasteiger partial charge in [-0.2, -0.15) is 0 Å². The highest BCUT2D eigenvalue weighted by molar-refractivity contribution is 5.99. The van der Waals surface area contributed by atoms with Crippen LogP contribution in [-0.2, 0) is 11.3 Å². The first kappa shape index (κ1) is 33.9. The summed E-state index contributed by atoms with van der Waals surface area (Å²) in [7, 11) is 0. The number of pyridine rings is 1. The van der Waals surface area contributed by atoms with Crippen molar-refractivity contribution < 1.29 is 33.4 Å². The standard InChI is InChI=1S/C38H39FN6O6/c39-32-11-8-27-20-31(32)37(48)42-33-22-45(38(49)30-5-2-12-40-36(30)44-15-13-43(14-16-44)17-18-46)23-34(33)51-28-9-6-25(7-10-28)21-41-35(47)24-50-29-4-1-3-26(27)19-29/h1-12,19-20,33-34,46H,13-18,21-24H2,(H,41,47)(H,42,48)/t33-,34-/m0/s1. The summed E-state index contributed by atoms with van der Waals surface area (Å²) >= 11 is 0. The molecule has 3 aromatic carbocycles. The number of halogens is 1. The van der Waals surface area contributed by atoms with Gasteiger partial charge in [0.1, 0.15) is 29.2 Å². The van der Waals surface area contributed by atoms with Crippen molar-refractivity contribution in [1.82, 2.24) is 25.4 Å². The third-order valence-electron chi connectivity index (χ3n) is 9.42. The van der Waals surface area contributed by atoms with E-state index >= 15 is 4.39 Å². The SMILES string of the molecule is O=C1COc2cccc(c2)-c2ccc(F)c(c2)C(=O)N[C@H]2CN(C(=O)c3cccnc3N3CCN(CCO)CC3)C[C@@H]2Oc2ccc(cc2)CN1. The number of nitrogens with zero attached hydrogens (tertiary/aromatic N) is 4. The third kappa shape index (κ3) is 7.79. The number of piperazine rings is 1. The Balaban J connectivity index is 1.17. The second-order valence-electron chi connectivity index (χ2n) is 12.8. The molecule has 0 radical (unpaired) electrons. The predicted molar refractivity (Wildman–Crippen MR) is 187 cm³/mol. The lowest BCUT2D eigenvalue weighted by molar-refractivity contribution is -0.123. The lowest BCUT2D eigenvalue weighted by atomic mass is 10.0. The summed E-state index contributed by atoms with van der Waals surface area (Å²) in [5.41, 5.74) is 2.39. The van der Waals surface area contributed by atoms with E-state index in [4.69, 9.17) is 9.47 Å². The van der Waals surface area contributed by atoms with E-state index in [2.05, 4.69) is 25.4 Å². The Bertz CT molecular complexity index is 1900. The van der Waals surface area contributed by atoms with Gasteiger partial charge in [0.2, 0.25) is 0 Å². The largest absolute Gasteiger partial charge is 0.486 e. The number of carbonyl (C=O) groups is 3. The lowest BCUT2D eigenvalue weighted by Gasteiger charge is -2.36. The van der Waals surface area contributed by atoms with Crippen LogP contribution in [0.25, 0.3) is 11.1 Å². The number of nitrogens with one attached hydrogen (secondary N) is 2. The number of amides is 3. The minimum atomic E-state index is -0.694. The van der Waals surface area contributed by atoms with Crippen LogP contribution >= 0.6 is 0 Å². The van der Waals surface area contributed by atoms with E-state index in [1.165, 1.54) is 12.1 Å². The normalized spacial score (nSPS) is 19.7. The molecular formula is C38H39FN6O6. The van der Waals surface area contributed by atoms with Gasteiger partial charge < -0.3 is 35.0 Å². The van der Waals surface area contributed by atoms with Crippen LogP contribution in [-0.4, -0.2) is 109 Å². The molecule has 2 saturated heterocycles. The van der Waals surface area contributed by atoms with Crippen LogP contribution in [0.2, 0.25) is 0 Å². The number of likely N-dealkylation sites (tertiary alicyclic amines) is 1. The maximum atomic E-state index is 15.2. The van der Waals surface area contributed by atoms with Gasteiger partial charge in [-0.3, -0.25) is 19.3 Å². The third-order valence-corrected chi connectivity index (χ3v) is 9.42. The van der Waals surface area contributed by atoms with Crippen molar-refractivity contribution >= 4 is 23.5 Å². The average molecular weight is 695 g/mol. The molecule has 2 fully saturated rings. The van der Waals surface area contributed by atoms with Gasteiger partial charge in [0, 0.05) is 52.0 Å². The molecule has 12 nitrogen and oxygen atoms in total. The highest BCUT2D eigenvalue weighted by Crippen LogP contribution is 2.28. The Kier molecular flexibility index (Phi) is 10.1. The average Bonchev–Trinajstić information content (AvgIpc) is 3.55. The van der Waals surface area contributed by atoms with E-state index in [9.17, 15) is 19.5 Å². The molecule has 0 unspecified atom stereocenters. The number of aromatic nitrogens is 1. The van der Waals surface area contributed by atoms with E-state index in [-0.39, 0.29) is 50.2 Å². The number of β-amino-alcohol motifs (C(OH)–C–C–N with tert-alkyl or cyclic N) is 1. The Morgan fingerprint density at radius 1 is 0.922 bits per heavy atom. The molecule has 6 bridgehead atoms. The molecule has 4 aliphatic rings. The molecule has 4 aliphatic heterocycles. The number of benzene rings is 3. The number of aliphatic hydroxyl groups excluding tert-OH is 1. The molecule has 13 heteroatoms. The fourth-order valence-electron chi connectivity index (χ4n) is 6.66. The molecule has 5 heterocycles. The number of aliphatic hydroxyl groups is 1. The fraction of sp³-hybridized carbons (Fsp3) is 0.316. The van der Waals surface area contributed by atoms with Crippen molar-refractivity contribution in [1.29, 1.82) is 0 Å². The molecule has 0 spiro atoms. The van der Waals surface area contributed by atoms with Crippen molar-refractivity contribution in [2.45, 2.75) is 18.7 Å². The summed E-state index contributed by atoms with van der Waals surface area (Å²) in [6, 6.07) is 21.3. The zero-order valence-corrected chi connectivity index (χ0v) is 28.0. The predicted octanol–water partition coefficient (Wildman–Crippen LogP) is 2.71. The molecule has 2 atom stereocenters. The van der Waals surface area contributed by atoms with Crippen molar-refractivity contribution in [2.24, 2.45) is 0 Å². The first-order valence-electron chi connectivity index (χ1n) is 17.0. The van der Waals surface area contributed by atoms with Crippen LogP contribution in [0, 0.1) is 5.82 Å². The van der Waals surface area contributed by atoms with Gasteiger partial charge in [-0.05, 0) is 65.2 Å². The van der Waals surface area contributed by atoms with Crippen LogP contribution in [0.15, 0.2) is 85.1 Å². The van der Waals surface area contributed by atoms with Crippen molar-refractivity contribution in [2.75, 3.05) is 63.9 Å². The first-order chi connectivity index (χ1) is 24.8. The quantitative estimate of drug-likeness (QED) is 0.295. The van der Waals surface area contributed by atoms with Crippen LogP contribution in [0.1, 0.15) is 26.3 Å². The summed E-state index contributed by atoms with van der Waals surface area (Å²) in [5.74, 6) is -0.345. The zero-order chi connectivity index (χ0) is 35.3. The number of carbonyl (C=O) groups excluding carboxylic acids is 3. The Labute approximate surface area is 294 Å². The van der Waals surface area contributed by atoms with Gasteiger partial charge in [0.15, 0.2) is 6.61 Å². The van der Waals surface area contributed by atoms with E-state index in [0.29, 0.717) is 53.6 Å². The smallest absolute Gasteiger partial charge is 0.258 e. The summed E-state index contributed by atoms with van der Waals surface area (Å²) < 4.78 is 27.4. The number of anilines is 1. The Morgan fingerprint density at radius 3 is 2.53 bits per heavy atom. The van der Waals surface area contributed by atoms with Gasteiger partial charge in [0.25, 0.3) is 17.7 Å². The maximum absolute atomic E-state index is 15.2. The van der Waals surface area contributed by atoms with E-state index in [1.54, 1.807) is 59.6 Å². The molecular weight excluding hydrogens is 655 g/mol. The van der Waals surface area contributed by atoms with Gasteiger partial charge in [-0.15, -0.1) is 0 Å². The number of fused-ring (bicyclic) bond motifs is 7. The molecule has 8 rings (SSSR count). The molecule has 264 valence electrons. The summed E-state index contributed by atoms with van der Waals surface area (Å²) in [5, 5.41) is 15.2. The topological polar surface area (TPSA) is 137 Å². The van der Waals surface area contributed by atoms with Gasteiger partial charge in [-0.25, -0.2) is 9.37 Å². The van der Waals surface area contributed by atoms with Crippen molar-refractivity contribution in [3.63, 3.8) is 0 Å². The summed E-state index contributed by atoms with van der Waals surface area (Å²) in [6.07, 6.45) is 1.01. The number of rotatable bonds is 4. The van der Waals surface area contributed by atoms with E-state index < -0.39 is 23.9 Å². The molecule has 1 aromatic heterocycles. The molecule has 51 heavy (non-hydrogen) atoms. The highest BCUT2D eigenvalue weighted by atomic mass is 19.1. The number of hydrogen-bond acceptors (Lipinski definition) is 9. The minimum absolute atomic E-state index is 0.0902. The monoisotopic (exact) mass is 694 g/mol. The van der Waals surface area contributed by atoms with Crippen LogP contribution < -0.4 is 25.0 Å². The van der Waals surface area contributed by atoms with Gasteiger partial charge in [-0.1, -0.05) is 30.3 Å². The summed E-state index contributed by atoms with van der Waals surface area (Å²) in [4.78, 5) is 50.9. The Morgan fingerprint density at radius 2 is 1.73 bits per heavy atom. The maximum Gasteiger partial charge on any atom is 0.258 e. The molecule has 4 aromatic rings. The minimum Gasteiger partial charge on any atom is -0.486 e. The number of hydrogen-bond donors (Lipinski definition) is 3. The van der Waals surface area contributed by atoms with Crippen molar-refractivity contribution in [3.8, 4) is 22.6 Å². The summed E-state index contributed by atoms with van der Waals surface area (Å²) in [6.45, 7) is 3.85. The zero-order valence-electron chi connectivity index (χ0n) is 28.0. The second-order valence-corrected chi connectivity index (χ2v) is 12.8. The lowest BCUT2D eigenvalue weighted by Crippen LogP contribution is -2.48. The van der Waals surface area contributed by atoms with Crippen LogP contribution in [0.4, 0.5) is 10.2 Å². The van der Waals surface area contributed by atoms with Crippen LogP contribution in [0.3, 0.4) is 0 Å². The fourth-order valence-corrected chi connectivity index (χ4v) is 6.66. The van der Waals surface area contributed by atoms with E-state index in [1.807, 2.05) is 18.2 Å².